The average Bonchev–Trinajstić information content (AvgIpc) is 3.50. The summed E-state index contributed by atoms with van der Waals surface area (Å²) in [5, 5.41) is 30.9. The van der Waals surface area contributed by atoms with Gasteiger partial charge in [0.1, 0.15) is 6.10 Å². The first-order valence-corrected chi connectivity index (χ1v) is 13.7. The summed E-state index contributed by atoms with van der Waals surface area (Å²) in [4.78, 5) is 1.34. The standard InChI is InChI=1S/C29H36ClN3O3/c1-16-18-13-17(5-7-21(18)32-31-16)19-6-8-23-26(19,2)9-11-28(30)14-20-24(34)25(35)22(33(3)4)15-27(20)10-12-29(23,28)36-27/h5-7,13-14,22-25,34-35H,8-12,15H2,1-4H3,(H,31,32)/t22-,23?,24+,25+,26+,27+,28?,29-/m0/s1. The van der Waals surface area contributed by atoms with Crippen molar-refractivity contribution in [2.24, 2.45) is 11.3 Å². The predicted octanol–water partition coefficient (Wildman–Crippen LogP) is 4.34. The fraction of sp³-hybridized carbons (Fsp3) is 0.621. The van der Waals surface area contributed by atoms with Crippen molar-refractivity contribution >= 4 is 28.1 Å². The van der Waals surface area contributed by atoms with Gasteiger partial charge in [0.05, 0.1) is 27.7 Å². The number of likely N-dealkylation sites (N-methyl/N-ethyl adjacent to an activating group) is 1. The average molecular weight is 510 g/mol. The van der Waals surface area contributed by atoms with E-state index in [0.717, 1.165) is 48.9 Å². The number of hydrogen-bond acceptors (Lipinski definition) is 5. The van der Waals surface area contributed by atoms with E-state index >= 15 is 0 Å². The Morgan fingerprint density at radius 3 is 2.75 bits per heavy atom. The minimum absolute atomic E-state index is 0.0473. The first-order valence-electron chi connectivity index (χ1n) is 13.3. The summed E-state index contributed by atoms with van der Waals surface area (Å²) < 4.78 is 7.28. The summed E-state index contributed by atoms with van der Waals surface area (Å²) >= 11 is 7.56. The summed E-state index contributed by atoms with van der Waals surface area (Å²) in [5.74, 6) is 0.256. The van der Waals surface area contributed by atoms with Crippen molar-refractivity contribution in [3.05, 3.63) is 47.2 Å². The zero-order valence-corrected chi connectivity index (χ0v) is 22.3. The molecule has 3 fully saturated rings. The quantitative estimate of drug-likeness (QED) is 0.414. The second-order valence-corrected chi connectivity index (χ2v) is 13.2. The summed E-state index contributed by atoms with van der Waals surface area (Å²) in [6, 6.07) is 6.45. The molecule has 5 aliphatic rings. The Kier molecular flexibility index (Phi) is 4.71. The summed E-state index contributed by atoms with van der Waals surface area (Å²) in [6.45, 7) is 4.48. The lowest BCUT2D eigenvalue weighted by atomic mass is 9.54. The van der Waals surface area contributed by atoms with Gasteiger partial charge in [0.25, 0.3) is 0 Å². The van der Waals surface area contributed by atoms with Gasteiger partial charge in [0.2, 0.25) is 0 Å². The number of aliphatic hydroxyl groups excluding tert-OH is 2. The molecule has 7 heteroatoms. The van der Waals surface area contributed by atoms with Gasteiger partial charge in [0.15, 0.2) is 0 Å². The molecule has 6 nitrogen and oxygen atoms in total. The van der Waals surface area contributed by atoms with Crippen molar-refractivity contribution in [2.75, 3.05) is 14.1 Å². The first kappa shape index (κ1) is 23.4. The van der Waals surface area contributed by atoms with Crippen molar-refractivity contribution in [1.29, 1.82) is 0 Å². The van der Waals surface area contributed by atoms with E-state index in [-0.39, 0.29) is 17.4 Å². The number of allylic oxidation sites excluding steroid dienone is 2. The third-order valence-electron chi connectivity index (χ3n) is 10.7. The van der Waals surface area contributed by atoms with Gasteiger partial charge in [-0.05, 0) is 93.8 Å². The van der Waals surface area contributed by atoms with Gasteiger partial charge in [-0.3, -0.25) is 5.10 Å². The second-order valence-electron chi connectivity index (χ2n) is 12.5. The number of fused-ring (bicyclic) bond motifs is 2. The Labute approximate surface area is 217 Å². The Balaban J connectivity index is 1.30. The van der Waals surface area contributed by atoms with E-state index < -0.39 is 28.3 Å². The smallest absolute Gasteiger partial charge is 0.105 e. The predicted molar refractivity (Wildman–Crippen MR) is 141 cm³/mol. The molecule has 1 aromatic heterocycles. The minimum Gasteiger partial charge on any atom is -0.388 e. The monoisotopic (exact) mass is 509 g/mol. The van der Waals surface area contributed by atoms with Crippen LogP contribution in [0, 0.1) is 18.3 Å². The molecule has 36 heavy (non-hydrogen) atoms. The SMILES string of the molecule is Cc1[nH]nc2ccc(C3=CCC4[C@@]56CC[C@]7(C[C@H](N(C)C)[C@@H](O)[C@H](O)C7=CC5(Cl)CC[C@]34C)O6)cc12. The van der Waals surface area contributed by atoms with E-state index in [0.29, 0.717) is 6.42 Å². The van der Waals surface area contributed by atoms with Crippen molar-refractivity contribution in [3.63, 3.8) is 0 Å². The number of hydrogen-bond donors (Lipinski definition) is 3. The fourth-order valence-electron chi connectivity index (χ4n) is 8.74. The summed E-state index contributed by atoms with van der Waals surface area (Å²) in [7, 11) is 3.93. The highest BCUT2D eigenvalue weighted by atomic mass is 35.5. The summed E-state index contributed by atoms with van der Waals surface area (Å²) in [6.07, 6.45) is 7.82. The van der Waals surface area contributed by atoms with Crippen LogP contribution < -0.4 is 0 Å². The number of halogens is 1. The molecule has 7 rings (SSSR count). The van der Waals surface area contributed by atoms with Crippen LogP contribution in [0.4, 0.5) is 0 Å². The maximum atomic E-state index is 11.2. The van der Waals surface area contributed by atoms with E-state index in [1.54, 1.807) is 0 Å². The number of ether oxygens (including phenoxy) is 1. The molecule has 3 aliphatic carbocycles. The van der Waals surface area contributed by atoms with Crippen LogP contribution in [-0.4, -0.2) is 73.7 Å². The lowest BCUT2D eigenvalue weighted by Gasteiger charge is -2.61. The molecule has 0 radical (unpaired) electrons. The molecule has 192 valence electrons. The highest BCUT2D eigenvalue weighted by molar-refractivity contribution is 6.26. The van der Waals surface area contributed by atoms with E-state index in [9.17, 15) is 10.2 Å². The van der Waals surface area contributed by atoms with Crippen molar-refractivity contribution in [1.82, 2.24) is 15.1 Å². The highest BCUT2D eigenvalue weighted by Gasteiger charge is 2.73. The number of alkyl halides is 1. The molecule has 2 aliphatic heterocycles. The van der Waals surface area contributed by atoms with Gasteiger partial charge in [-0.25, -0.2) is 0 Å². The number of aromatic nitrogens is 2. The van der Waals surface area contributed by atoms with Gasteiger partial charge in [-0.2, -0.15) is 5.10 Å². The van der Waals surface area contributed by atoms with Crippen molar-refractivity contribution < 1.29 is 14.9 Å². The molecule has 0 amide bonds. The van der Waals surface area contributed by atoms with Crippen LogP contribution in [0.1, 0.15) is 56.7 Å². The zero-order chi connectivity index (χ0) is 25.3. The van der Waals surface area contributed by atoms with E-state index in [4.69, 9.17) is 16.3 Å². The number of aliphatic hydroxyl groups is 2. The summed E-state index contributed by atoms with van der Waals surface area (Å²) in [5.41, 5.74) is 4.47. The molecule has 1 aromatic carbocycles. The molecule has 2 saturated carbocycles. The van der Waals surface area contributed by atoms with Crippen LogP contribution in [0.3, 0.4) is 0 Å². The van der Waals surface area contributed by atoms with Crippen molar-refractivity contribution in [2.45, 2.75) is 86.7 Å². The van der Waals surface area contributed by atoms with Gasteiger partial charge < -0.3 is 19.8 Å². The Hall–Kier alpha value is -1.70. The maximum Gasteiger partial charge on any atom is 0.105 e. The van der Waals surface area contributed by atoms with Gasteiger partial charge in [0, 0.05) is 23.0 Å². The molecular weight excluding hydrogens is 474 g/mol. The Morgan fingerprint density at radius 1 is 1.17 bits per heavy atom. The number of nitrogens with zero attached hydrogens (tertiary/aromatic N) is 2. The number of rotatable bonds is 2. The van der Waals surface area contributed by atoms with Gasteiger partial charge in [-0.15, -0.1) is 11.6 Å². The van der Waals surface area contributed by atoms with Crippen LogP contribution in [0.5, 0.6) is 0 Å². The maximum absolute atomic E-state index is 11.2. The minimum atomic E-state index is -0.951. The van der Waals surface area contributed by atoms with E-state index in [2.05, 4.69) is 54.4 Å². The molecule has 2 aromatic rings. The molecule has 2 spiro atoms. The van der Waals surface area contributed by atoms with Crippen LogP contribution >= 0.6 is 11.6 Å². The molecule has 2 bridgehead atoms. The molecular formula is C29H36ClN3O3. The third-order valence-corrected chi connectivity index (χ3v) is 11.3. The number of aromatic amines is 1. The van der Waals surface area contributed by atoms with Crippen LogP contribution in [0.15, 0.2) is 35.9 Å². The largest absolute Gasteiger partial charge is 0.388 e. The van der Waals surface area contributed by atoms with Crippen LogP contribution in [0.25, 0.3) is 16.5 Å². The van der Waals surface area contributed by atoms with E-state index in [1.165, 1.54) is 16.5 Å². The Bertz CT molecular complexity index is 1330. The van der Waals surface area contributed by atoms with Gasteiger partial charge in [-0.1, -0.05) is 25.1 Å². The molecule has 1 saturated heterocycles. The molecule has 3 N–H and O–H groups in total. The van der Waals surface area contributed by atoms with Crippen LogP contribution in [0.2, 0.25) is 0 Å². The normalized spacial score (nSPS) is 45.3. The first-order chi connectivity index (χ1) is 17.0. The molecule has 2 unspecified atom stereocenters. The fourth-order valence-corrected chi connectivity index (χ4v) is 9.21. The number of nitrogens with one attached hydrogen (secondary N) is 1. The topological polar surface area (TPSA) is 81.6 Å². The third kappa shape index (κ3) is 2.70. The van der Waals surface area contributed by atoms with Crippen LogP contribution in [-0.2, 0) is 4.74 Å². The van der Waals surface area contributed by atoms with Crippen molar-refractivity contribution in [3.8, 4) is 0 Å². The van der Waals surface area contributed by atoms with E-state index in [1.807, 2.05) is 19.0 Å². The lowest BCUT2D eigenvalue weighted by molar-refractivity contribution is -0.199. The second kappa shape index (κ2) is 7.23. The number of aryl methyl sites for hydroxylation is 1. The van der Waals surface area contributed by atoms with Gasteiger partial charge >= 0.3 is 0 Å². The zero-order valence-electron chi connectivity index (χ0n) is 21.5. The molecule has 8 atom stereocenters. The molecule has 3 heterocycles. The lowest BCUT2D eigenvalue weighted by Crippen LogP contribution is -2.68. The number of H-pyrrole nitrogens is 1. The number of benzene rings is 1. The Morgan fingerprint density at radius 2 is 1.97 bits per heavy atom. The highest BCUT2D eigenvalue weighted by Crippen LogP contribution is 2.71.